The lowest BCUT2D eigenvalue weighted by atomic mass is 10.1. The van der Waals surface area contributed by atoms with Gasteiger partial charge < -0.3 is 14.6 Å². The molecule has 0 rings (SSSR count). The first-order valence-electron chi connectivity index (χ1n) is 17.7. The van der Waals surface area contributed by atoms with Gasteiger partial charge in [0.05, 0.1) is 27.3 Å². The summed E-state index contributed by atoms with van der Waals surface area (Å²) in [5.74, 6) is 0. The summed E-state index contributed by atoms with van der Waals surface area (Å²) in [6.45, 7) is 8.35. The van der Waals surface area contributed by atoms with Crippen LogP contribution in [0.4, 0.5) is 0 Å². The quantitative estimate of drug-likeness (QED) is 0.0509. The number of hydrogen-bond acceptors (Lipinski definition) is 3. The fourth-order valence-corrected chi connectivity index (χ4v) is 5.75. The molecule has 0 aromatic rings. The summed E-state index contributed by atoms with van der Waals surface area (Å²) in [6, 6.07) is 0. The van der Waals surface area contributed by atoms with Gasteiger partial charge in [-0.1, -0.05) is 162 Å². The Morgan fingerprint density at radius 2 is 0.718 bits per heavy atom. The zero-order valence-corrected chi connectivity index (χ0v) is 27.7. The van der Waals surface area contributed by atoms with E-state index in [1.807, 2.05) is 0 Å². The summed E-state index contributed by atoms with van der Waals surface area (Å²) in [5.41, 5.74) is 0. The van der Waals surface area contributed by atoms with Gasteiger partial charge in [-0.25, -0.2) is 0 Å². The average molecular weight is 557 g/mol. The Hall–Kier alpha value is -0.160. The Balaban J connectivity index is 3.85. The van der Waals surface area contributed by atoms with E-state index in [1.165, 1.54) is 141 Å². The van der Waals surface area contributed by atoms with E-state index in [4.69, 9.17) is 9.47 Å². The number of ether oxygens (including phenoxy) is 2. The van der Waals surface area contributed by atoms with E-state index in [0.29, 0.717) is 4.48 Å². The maximum absolute atomic E-state index is 10.1. The third kappa shape index (κ3) is 23.1. The van der Waals surface area contributed by atoms with Gasteiger partial charge in [-0.2, -0.15) is 0 Å². The van der Waals surface area contributed by atoms with E-state index in [-0.39, 0.29) is 19.1 Å². The third-order valence-corrected chi connectivity index (χ3v) is 8.61. The number of aliphatic hydroxyl groups is 1. The molecule has 0 bridgehead atoms. The van der Waals surface area contributed by atoms with E-state index >= 15 is 0 Å². The zero-order chi connectivity index (χ0) is 28.9. The molecule has 0 aliphatic rings. The maximum Gasteiger partial charge on any atom is 0.218 e. The molecular weight excluding hydrogens is 482 g/mol. The van der Waals surface area contributed by atoms with Gasteiger partial charge in [0.25, 0.3) is 0 Å². The van der Waals surface area contributed by atoms with Crippen LogP contribution in [0, 0.1) is 0 Å². The molecule has 2 atom stereocenters. The van der Waals surface area contributed by atoms with Gasteiger partial charge in [-0.15, -0.1) is 0 Å². The molecule has 236 valence electrons. The van der Waals surface area contributed by atoms with Crippen LogP contribution in [0.5, 0.6) is 0 Å². The minimum Gasteiger partial charge on any atom is -0.387 e. The summed E-state index contributed by atoms with van der Waals surface area (Å²) >= 11 is 0. The molecular formula is C35H74NO3+. The normalized spacial score (nSPS) is 13.7. The minimum atomic E-state index is -0.218. The Morgan fingerprint density at radius 1 is 0.436 bits per heavy atom. The Bertz CT molecular complexity index is 431. The van der Waals surface area contributed by atoms with E-state index in [1.54, 1.807) is 0 Å². The molecule has 1 N–H and O–H groups in total. The number of aliphatic hydroxyl groups excluding tert-OH is 1. The summed E-state index contributed by atoms with van der Waals surface area (Å²) in [5, 5.41) is 10.1. The SMILES string of the molecule is CCCCCCCCCCCCCCOC(CC)[N+](C)(C)C(CO)OCCCCCCCCCCCCCC. The van der Waals surface area contributed by atoms with Crippen molar-refractivity contribution in [2.24, 2.45) is 0 Å². The highest BCUT2D eigenvalue weighted by molar-refractivity contribution is 4.53. The topological polar surface area (TPSA) is 38.7 Å². The van der Waals surface area contributed by atoms with E-state index in [0.717, 1.165) is 32.5 Å². The molecule has 0 spiro atoms. The molecule has 4 nitrogen and oxygen atoms in total. The van der Waals surface area contributed by atoms with Crippen molar-refractivity contribution in [1.29, 1.82) is 0 Å². The van der Waals surface area contributed by atoms with Crippen LogP contribution in [0.2, 0.25) is 0 Å². The molecule has 0 fully saturated rings. The Labute approximate surface area is 246 Å². The maximum atomic E-state index is 10.1. The highest BCUT2D eigenvalue weighted by atomic mass is 16.5. The number of nitrogens with zero attached hydrogens (tertiary/aromatic N) is 1. The first-order chi connectivity index (χ1) is 19.0. The predicted octanol–water partition coefficient (Wildman–Crippen LogP) is 10.6. The van der Waals surface area contributed by atoms with Crippen LogP contribution >= 0.6 is 0 Å². The van der Waals surface area contributed by atoms with Gasteiger partial charge in [0.1, 0.15) is 6.61 Å². The summed E-state index contributed by atoms with van der Waals surface area (Å²) in [4.78, 5) is 0. The molecule has 2 unspecified atom stereocenters. The van der Waals surface area contributed by atoms with Crippen molar-refractivity contribution < 1.29 is 19.1 Å². The van der Waals surface area contributed by atoms with Crippen molar-refractivity contribution >= 4 is 0 Å². The van der Waals surface area contributed by atoms with Gasteiger partial charge in [0.15, 0.2) is 6.23 Å². The smallest absolute Gasteiger partial charge is 0.218 e. The van der Waals surface area contributed by atoms with Crippen LogP contribution in [-0.2, 0) is 9.47 Å². The molecule has 0 heterocycles. The van der Waals surface area contributed by atoms with Crippen LogP contribution in [-0.4, -0.2) is 56.0 Å². The number of likely N-dealkylation sites (N-methyl/N-ethyl adjacent to an activating group) is 1. The van der Waals surface area contributed by atoms with Crippen molar-refractivity contribution in [3.8, 4) is 0 Å². The van der Waals surface area contributed by atoms with E-state index < -0.39 is 0 Å². The molecule has 0 saturated carbocycles. The van der Waals surface area contributed by atoms with Crippen molar-refractivity contribution in [3.05, 3.63) is 0 Å². The minimum absolute atomic E-state index is 0.0454. The van der Waals surface area contributed by atoms with Crippen molar-refractivity contribution in [2.75, 3.05) is 33.9 Å². The average Bonchev–Trinajstić information content (AvgIpc) is 2.93. The number of quaternary nitrogens is 1. The lowest BCUT2D eigenvalue weighted by Crippen LogP contribution is -2.59. The summed E-state index contributed by atoms with van der Waals surface area (Å²) in [6.07, 6.45) is 33.3. The molecule has 4 heteroatoms. The van der Waals surface area contributed by atoms with Gasteiger partial charge in [0.2, 0.25) is 6.23 Å². The second-order valence-corrected chi connectivity index (χ2v) is 12.6. The van der Waals surface area contributed by atoms with Gasteiger partial charge in [0, 0.05) is 6.42 Å². The third-order valence-electron chi connectivity index (χ3n) is 8.61. The molecule has 0 aromatic carbocycles. The largest absolute Gasteiger partial charge is 0.387 e. The van der Waals surface area contributed by atoms with E-state index in [9.17, 15) is 5.11 Å². The highest BCUT2D eigenvalue weighted by Gasteiger charge is 2.36. The molecule has 0 aliphatic carbocycles. The second-order valence-electron chi connectivity index (χ2n) is 12.6. The fourth-order valence-electron chi connectivity index (χ4n) is 5.75. The Kier molecular flexibility index (Phi) is 29.2. The van der Waals surface area contributed by atoms with Crippen LogP contribution in [0.25, 0.3) is 0 Å². The van der Waals surface area contributed by atoms with Crippen LogP contribution in [0.3, 0.4) is 0 Å². The Morgan fingerprint density at radius 3 is 1.00 bits per heavy atom. The van der Waals surface area contributed by atoms with Crippen molar-refractivity contribution in [3.63, 3.8) is 0 Å². The lowest BCUT2D eigenvalue weighted by molar-refractivity contribution is -0.980. The standard InChI is InChI=1S/C35H74NO3/c1-6-9-11-13-15-17-19-21-23-25-27-29-31-38-34(8-3)36(4,5)35(33-37)39-32-30-28-26-24-22-20-18-16-14-12-10-7-2/h34-35,37H,6-33H2,1-5H3/q+1. The second kappa shape index (κ2) is 29.3. The summed E-state index contributed by atoms with van der Waals surface area (Å²) < 4.78 is 13.1. The highest BCUT2D eigenvalue weighted by Crippen LogP contribution is 2.20. The van der Waals surface area contributed by atoms with Crippen molar-refractivity contribution in [1.82, 2.24) is 0 Å². The number of unbranched alkanes of at least 4 members (excludes halogenated alkanes) is 22. The zero-order valence-electron chi connectivity index (χ0n) is 27.7. The van der Waals surface area contributed by atoms with E-state index in [2.05, 4.69) is 34.9 Å². The number of hydrogen-bond donors (Lipinski definition) is 1. The summed E-state index contributed by atoms with van der Waals surface area (Å²) in [7, 11) is 4.30. The molecule has 0 radical (unpaired) electrons. The van der Waals surface area contributed by atoms with Gasteiger partial charge in [-0.3, -0.25) is 4.48 Å². The molecule has 0 saturated heterocycles. The number of rotatable bonds is 32. The first kappa shape index (κ1) is 38.8. The van der Waals surface area contributed by atoms with Crippen molar-refractivity contribution in [2.45, 2.75) is 194 Å². The monoisotopic (exact) mass is 557 g/mol. The molecule has 0 aromatic heterocycles. The lowest BCUT2D eigenvalue weighted by Gasteiger charge is -2.42. The van der Waals surface area contributed by atoms with Crippen LogP contribution in [0.15, 0.2) is 0 Å². The van der Waals surface area contributed by atoms with Crippen LogP contribution in [0.1, 0.15) is 181 Å². The molecule has 0 amide bonds. The predicted molar refractivity (Wildman–Crippen MR) is 171 cm³/mol. The van der Waals surface area contributed by atoms with Crippen LogP contribution < -0.4 is 0 Å². The molecule has 0 aliphatic heterocycles. The fraction of sp³-hybridized carbons (Fsp3) is 1.00. The van der Waals surface area contributed by atoms with Gasteiger partial charge in [-0.05, 0) is 12.8 Å². The molecule has 39 heavy (non-hydrogen) atoms. The first-order valence-corrected chi connectivity index (χ1v) is 17.7. The van der Waals surface area contributed by atoms with Gasteiger partial charge >= 0.3 is 0 Å².